The highest BCUT2D eigenvalue weighted by Crippen LogP contribution is 2.38. The van der Waals surface area contributed by atoms with Gasteiger partial charge in [0.05, 0.1) is 18.6 Å². The summed E-state index contributed by atoms with van der Waals surface area (Å²) in [6.07, 6.45) is 38.4. The minimum absolute atomic E-state index is 0.0689. The predicted octanol–water partition coefficient (Wildman–Crippen LogP) is 16.0. The Bertz CT molecular complexity index is 919. The topological polar surface area (TPSA) is 127 Å². The van der Waals surface area contributed by atoms with Gasteiger partial charge in [0.25, 0.3) is 0 Å². The molecule has 0 fully saturated rings. The highest BCUT2D eigenvalue weighted by Gasteiger charge is 2.36. The molecule has 8 nitrogen and oxygen atoms in total. The molecule has 0 aromatic rings. The van der Waals surface area contributed by atoms with E-state index in [9.17, 15) is 24.3 Å². The maximum absolute atomic E-state index is 12.2. The lowest BCUT2D eigenvalue weighted by atomic mass is 9.74. The second kappa shape index (κ2) is 44.9. The molecule has 0 amide bonds. The van der Waals surface area contributed by atoms with Crippen molar-refractivity contribution in [1.29, 1.82) is 0 Å². The van der Waals surface area contributed by atoms with Crippen LogP contribution < -0.4 is 0 Å². The van der Waals surface area contributed by atoms with Crippen molar-refractivity contribution in [2.45, 2.75) is 279 Å². The first-order valence-corrected chi connectivity index (χ1v) is 25.7. The summed E-state index contributed by atoms with van der Waals surface area (Å²) in [7, 11) is 0. The molecule has 0 spiro atoms. The summed E-state index contributed by atoms with van der Waals surface area (Å²) in [6, 6.07) is 0. The van der Waals surface area contributed by atoms with Crippen LogP contribution in [0.2, 0.25) is 0 Å². The van der Waals surface area contributed by atoms with Crippen molar-refractivity contribution in [1.82, 2.24) is 0 Å². The molecule has 2 N–H and O–H groups in total. The molecule has 0 saturated heterocycles. The average Bonchev–Trinajstić information content (AvgIpc) is 3.20. The molecule has 0 rings (SSSR count). The van der Waals surface area contributed by atoms with Gasteiger partial charge < -0.3 is 19.7 Å². The van der Waals surface area contributed by atoms with E-state index in [0.29, 0.717) is 64.6 Å². The van der Waals surface area contributed by atoms with Crippen LogP contribution in [0.3, 0.4) is 0 Å². The lowest BCUT2D eigenvalue weighted by molar-refractivity contribution is -0.151. The van der Waals surface area contributed by atoms with E-state index in [1.165, 1.54) is 128 Å². The summed E-state index contributed by atoms with van der Waals surface area (Å²) in [4.78, 5) is 46.6. The number of unbranched alkanes of at least 4 members (excludes halogenated alkanes) is 23. The summed E-state index contributed by atoms with van der Waals surface area (Å²) >= 11 is 0. The van der Waals surface area contributed by atoms with E-state index in [1.807, 2.05) is 0 Å². The van der Waals surface area contributed by atoms with Gasteiger partial charge in [-0.2, -0.15) is 0 Å². The summed E-state index contributed by atoms with van der Waals surface area (Å²) < 4.78 is 10.5. The van der Waals surface area contributed by atoms with Gasteiger partial charge in [0.1, 0.15) is 0 Å². The molecule has 0 aromatic carbocycles. The van der Waals surface area contributed by atoms with E-state index in [2.05, 4.69) is 41.5 Å². The number of carbonyl (C=O) groups excluding carboxylic acids is 2. The van der Waals surface area contributed by atoms with Gasteiger partial charge in [-0.25, -0.2) is 0 Å². The molecule has 356 valence electrons. The van der Waals surface area contributed by atoms with E-state index >= 15 is 0 Å². The Morgan fingerprint density at radius 1 is 0.400 bits per heavy atom. The van der Waals surface area contributed by atoms with Gasteiger partial charge in [0, 0.05) is 19.3 Å². The average molecular weight is 853 g/mol. The van der Waals surface area contributed by atoms with Gasteiger partial charge in [-0.05, 0) is 63.2 Å². The minimum atomic E-state index is -0.829. The Balaban J connectivity index is 0. The summed E-state index contributed by atoms with van der Waals surface area (Å²) in [5, 5.41) is 19.0. The summed E-state index contributed by atoms with van der Waals surface area (Å²) in [6.45, 7) is 14.6. The number of esters is 2. The van der Waals surface area contributed by atoms with E-state index < -0.39 is 17.4 Å². The second-order valence-electron chi connectivity index (χ2n) is 18.8. The van der Waals surface area contributed by atoms with Crippen molar-refractivity contribution in [2.75, 3.05) is 13.2 Å². The fourth-order valence-corrected chi connectivity index (χ4v) is 7.89. The SMILES string of the molecule is CC(C)CCCCCCCC(CCCCCCCC(C)C)(CCCC(=O)O)C(=O)O.CCCCCCCCCCOC(=O)CCCCC(=O)OCCCCCCCCCC. The zero-order chi connectivity index (χ0) is 45.0. The number of carboxylic acid groups (broad SMARTS) is 2. The number of hydrogen-bond acceptors (Lipinski definition) is 6. The van der Waals surface area contributed by atoms with E-state index in [0.717, 1.165) is 63.2 Å². The third kappa shape index (κ3) is 44.0. The third-order valence-electron chi connectivity index (χ3n) is 11.9. The molecular weight excluding hydrogens is 753 g/mol. The van der Waals surface area contributed by atoms with E-state index in [4.69, 9.17) is 14.6 Å². The second-order valence-corrected chi connectivity index (χ2v) is 18.8. The fourth-order valence-electron chi connectivity index (χ4n) is 7.89. The highest BCUT2D eigenvalue weighted by atomic mass is 16.5. The van der Waals surface area contributed by atoms with Crippen LogP contribution in [0, 0.1) is 17.3 Å². The molecule has 0 aliphatic carbocycles. The first kappa shape index (κ1) is 60.0. The van der Waals surface area contributed by atoms with Crippen molar-refractivity contribution < 1.29 is 38.9 Å². The molecule has 0 saturated carbocycles. The molecule has 0 aromatic heterocycles. The van der Waals surface area contributed by atoms with Crippen LogP contribution in [0.1, 0.15) is 279 Å². The van der Waals surface area contributed by atoms with Crippen LogP contribution in [-0.2, 0) is 28.7 Å². The predicted molar refractivity (Wildman–Crippen MR) is 251 cm³/mol. The minimum Gasteiger partial charge on any atom is -0.481 e. The van der Waals surface area contributed by atoms with Crippen molar-refractivity contribution in [3.05, 3.63) is 0 Å². The number of aliphatic carboxylic acids is 2. The van der Waals surface area contributed by atoms with Gasteiger partial charge >= 0.3 is 23.9 Å². The van der Waals surface area contributed by atoms with Crippen LogP contribution in [-0.4, -0.2) is 47.3 Å². The Morgan fingerprint density at radius 3 is 1.05 bits per heavy atom. The zero-order valence-electron chi connectivity index (χ0n) is 40.6. The molecule has 0 aliphatic rings. The molecule has 0 atom stereocenters. The Kier molecular flexibility index (Phi) is 44.9. The van der Waals surface area contributed by atoms with E-state index in [-0.39, 0.29) is 18.4 Å². The van der Waals surface area contributed by atoms with Crippen LogP contribution in [0.15, 0.2) is 0 Å². The quantitative estimate of drug-likeness (QED) is 0.0458. The van der Waals surface area contributed by atoms with Gasteiger partial charge in [-0.15, -0.1) is 0 Å². The Labute approximate surface area is 371 Å². The third-order valence-corrected chi connectivity index (χ3v) is 11.9. The number of rotatable bonds is 44. The fraction of sp³-hybridized carbons (Fsp3) is 0.923. The number of carboxylic acids is 2. The lowest BCUT2D eigenvalue weighted by Crippen LogP contribution is -2.31. The molecular formula is C52H100O8. The number of carbonyl (C=O) groups is 4. The largest absolute Gasteiger partial charge is 0.481 e. The lowest BCUT2D eigenvalue weighted by Gasteiger charge is -2.30. The smallest absolute Gasteiger partial charge is 0.309 e. The number of hydrogen-bond donors (Lipinski definition) is 2. The van der Waals surface area contributed by atoms with Crippen LogP contribution >= 0.6 is 0 Å². The van der Waals surface area contributed by atoms with Gasteiger partial charge in [0.15, 0.2) is 0 Å². The van der Waals surface area contributed by atoms with Gasteiger partial charge in [-0.3, -0.25) is 19.2 Å². The molecule has 60 heavy (non-hydrogen) atoms. The standard InChI is InChI=1S/2C26H50O4/c1-22(2)16-11-7-5-9-13-19-26(25(29)30,21-15-18-24(27)28)20-14-10-6-8-12-17-23(3)4;1-3-5-7-9-11-13-15-19-23-29-25(27)21-17-18-22-26(28)30-24-20-16-14-12-10-8-6-4-2/h22-23H,5-21H2,1-4H3,(H,27,28)(H,29,30);3-24H2,1-2H3. The van der Waals surface area contributed by atoms with Crippen molar-refractivity contribution >= 4 is 23.9 Å². The van der Waals surface area contributed by atoms with E-state index in [1.54, 1.807) is 0 Å². The van der Waals surface area contributed by atoms with Crippen molar-refractivity contribution in [2.24, 2.45) is 17.3 Å². The molecule has 0 radical (unpaired) electrons. The monoisotopic (exact) mass is 853 g/mol. The molecule has 8 heteroatoms. The van der Waals surface area contributed by atoms with Crippen LogP contribution in [0.25, 0.3) is 0 Å². The Morgan fingerprint density at radius 2 is 0.717 bits per heavy atom. The Hall–Kier alpha value is -2.12. The summed E-state index contributed by atoms with van der Waals surface area (Å²) in [5.74, 6) is -0.305. The molecule has 0 heterocycles. The molecule has 0 unspecified atom stereocenters. The maximum atomic E-state index is 12.2. The first-order valence-electron chi connectivity index (χ1n) is 25.7. The molecule has 0 aliphatic heterocycles. The first-order chi connectivity index (χ1) is 28.9. The van der Waals surface area contributed by atoms with Crippen LogP contribution in [0.4, 0.5) is 0 Å². The van der Waals surface area contributed by atoms with Gasteiger partial charge in [0.2, 0.25) is 0 Å². The zero-order valence-corrected chi connectivity index (χ0v) is 40.6. The maximum Gasteiger partial charge on any atom is 0.309 e. The number of ether oxygens (including phenoxy) is 2. The highest BCUT2D eigenvalue weighted by molar-refractivity contribution is 5.74. The normalized spacial score (nSPS) is 11.5. The van der Waals surface area contributed by atoms with Gasteiger partial charge in [-0.1, -0.05) is 208 Å². The molecule has 0 bridgehead atoms. The van der Waals surface area contributed by atoms with Crippen LogP contribution in [0.5, 0.6) is 0 Å². The summed E-state index contributed by atoms with van der Waals surface area (Å²) in [5.41, 5.74) is -0.731. The van der Waals surface area contributed by atoms with Crippen molar-refractivity contribution in [3.8, 4) is 0 Å². The van der Waals surface area contributed by atoms with Crippen molar-refractivity contribution in [3.63, 3.8) is 0 Å².